The first-order chi connectivity index (χ1) is 5.79. The molecule has 2 heteroatoms. The standard InChI is InChI=1S/C11H14Si.Na/c1-12(2)11-8-7-9-5-3-4-6-10(9)11;/h3-8,11-12H,1-2H3;. The van der Waals surface area contributed by atoms with Gasteiger partial charge in [-0.2, -0.15) is 0 Å². The molecule has 0 N–H and O–H groups in total. The molecule has 13 heavy (non-hydrogen) atoms. The van der Waals surface area contributed by atoms with Gasteiger partial charge in [-0.15, -0.1) is 0 Å². The Labute approximate surface area is 104 Å². The number of allylic oxidation sites excluding steroid dienone is 1. The van der Waals surface area contributed by atoms with Crippen molar-refractivity contribution in [3.63, 3.8) is 0 Å². The van der Waals surface area contributed by atoms with E-state index in [0.29, 0.717) is 0 Å². The number of fused-ring (bicyclic) bond motifs is 1. The first kappa shape index (κ1) is 11.3. The molecule has 1 radical (unpaired) electrons. The fourth-order valence-electron chi connectivity index (χ4n) is 1.86. The first-order valence-electron chi connectivity index (χ1n) is 4.56. The Kier molecular flexibility index (Phi) is 3.99. The van der Waals surface area contributed by atoms with E-state index in [2.05, 4.69) is 49.5 Å². The molecule has 0 bridgehead atoms. The van der Waals surface area contributed by atoms with Crippen LogP contribution in [0.3, 0.4) is 0 Å². The monoisotopic (exact) mass is 197 g/mol. The van der Waals surface area contributed by atoms with Gasteiger partial charge in [-0.1, -0.05) is 49.5 Å². The van der Waals surface area contributed by atoms with Crippen molar-refractivity contribution in [1.82, 2.24) is 0 Å². The number of rotatable bonds is 1. The second kappa shape index (κ2) is 4.60. The van der Waals surface area contributed by atoms with Gasteiger partial charge in [-0.25, -0.2) is 0 Å². The van der Waals surface area contributed by atoms with Crippen LogP contribution in [0.15, 0.2) is 30.3 Å². The second-order valence-corrected chi connectivity index (χ2v) is 6.96. The summed E-state index contributed by atoms with van der Waals surface area (Å²) in [5.41, 5.74) is 3.77. The molecule has 1 aliphatic carbocycles. The van der Waals surface area contributed by atoms with Crippen molar-refractivity contribution in [2.45, 2.75) is 18.6 Å². The van der Waals surface area contributed by atoms with Gasteiger partial charge in [0.15, 0.2) is 0 Å². The van der Waals surface area contributed by atoms with Gasteiger partial charge in [-0.05, 0) is 16.7 Å². The summed E-state index contributed by atoms with van der Waals surface area (Å²) in [4.78, 5) is 0. The molecule has 0 saturated heterocycles. The molecule has 63 valence electrons. The fraction of sp³-hybridized carbons (Fsp3) is 0.273. The molecule has 0 heterocycles. The van der Waals surface area contributed by atoms with Gasteiger partial charge < -0.3 is 0 Å². The van der Waals surface area contributed by atoms with E-state index in [4.69, 9.17) is 0 Å². The van der Waals surface area contributed by atoms with Crippen LogP contribution in [0, 0.1) is 0 Å². The van der Waals surface area contributed by atoms with E-state index < -0.39 is 8.80 Å². The maximum Gasteiger partial charge on any atom is 0.0436 e. The normalized spacial score (nSPS) is 18.5. The summed E-state index contributed by atoms with van der Waals surface area (Å²) in [7, 11) is -0.547. The Bertz CT molecular complexity index is 318. The molecule has 0 aliphatic heterocycles. The van der Waals surface area contributed by atoms with Crippen LogP contribution in [-0.4, -0.2) is 38.4 Å². The van der Waals surface area contributed by atoms with Crippen LogP contribution in [0.4, 0.5) is 0 Å². The predicted octanol–water partition coefficient (Wildman–Crippen LogP) is 2.44. The van der Waals surface area contributed by atoms with E-state index in [-0.39, 0.29) is 29.6 Å². The zero-order chi connectivity index (χ0) is 8.55. The van der Waals surface area contributed by atoms with Gasteiger partial charge >= 0.3 is 0 Å². The topological polar surface area (TPSA) is 0 Å². The fourth-order valence-corrected chi connectivity index (χ4v) is 3.44. The van der Waals surface area contributed by atoms with Gasteiger partial charge in [0, 0.05) is 38.4 Å². The molecule has 2 rings (SSSR count). The Balaban J connectivity index is 0.000000845. The van der Waals surface area contributed by atoms with Crippen LogP contribution in [0.5, 0.6) is 0 Å². The van der Waals surface area contributed by atoms with E-state index in [9.17, 15) is 0 Å². The SMILES string of the molecule is C[SiH](C)C1C=Cc2ccccc21.[Na]. The van der Waals surface area contributed by atoms with E-state index >= 15 is 0 Å². The minimum absolute atomic E-state index is 0. The molecule has 1 unspecified atom stereocenters. The van der Waals surface area contributed by atoms with Gasteiger partial charge in [-0.3, -0.25) is 0 Å². The van der Waals surface area contributed by atoms with Crippen LogP contribution in [0.25, 0.3) is 6.08 Å². The largest absolute Gasteiger partial charge is 0.0795 e. The number of hydrogen-bond acceptors (Lipinski definition) is 0. The van der Waals surface area contributed by atoms with Crippen LogP contribution in [-0.2, 0) is 0 Å². The Morgan fingerprint density at radius 2 is 1.85 bits per heavy atom. The zero-order valence-corrected chi connectivity index (χ0v) is 11.8. The average molecular weight is 197 g/mol. The summed E-state index contributed by atoms with van der Waals surface area (Å²) in [5.74, 6) is 0. The molecule has 0 nitrogen and oxygen atoms in total. The van der Waals surface area contributed by atoms with Gasteiger partial charge in [0.2, 0.25) is 0 Å². The average Bonchev–Trinajstić information content (AvgIpc) is 2.47. The summed E-state index contributed by atoms with van der Waals surface area (Å²) < 4.78 is 0. The Morgan fingerprint density at radius 3 is 2.54 bits per heavy atom. The van der Waals surface area contributed by atoms with Crippen LogP contribution in [0.1, 0.15) is 16.7 Å². The molecular formula is C11H14NaSi. The maximum absolute atomic E-state index is 2.41. The Morgan fingerprint density at radius 1 is 1.15 bits per heavy atom. The van der Waals surface area contributed by atoms with Gasteiger partial charge in [0.05, 0.1) is 0 Å². The first-order valence-corrected chi connectivity index (χ1v) is 7.54. The smallest absolute Gasteiger partial charge is 0.0436 e. The minimum atomic E-state index is -0.547. The minimum Gasteiger partial charge on any atom is -0.0795 e. The summed E-state index contributed by atoms with van der Waals surface area (Å²) >= 11 is 0. The van der Waals surface area contributed by atoms with Crippen LogP contribution >= 0.6 is 0 Å². The van der Waals surface area contributed by atoms with E-state index in [1.165, 1.54) is 5.56 Å². The van der Waals surface area contributed by atoms with Crippen molar-refractivity contribution in [1.29, 1.82) is 0 Å². The van der Waals surface area contributed by atoms with E-state index in [0.717, 1.165) is 5.54 Å². The summed E-state index contributed by atoms with van der Waals surface area (Å²) in [6, 6.07) is 8.75. The van der Waals surface area contributed by atoms with Crippen molar-refractivity contribution < 1.29 is 0 Å². The molecule has 0 aromatic heterocycles. The van der Waals surface area contributed by atoms with Crippen molar-refractivity contribution >= 4 is 44.4 Å². The molecule has 0 spiro atoms. The molecule has 0 saturated carbocycles. The van der Waals surface area contributed by atoms with E-state index in [1.807, 2.05) is 0 Å². The van der Waals surface area contributed by atoms with E-state index in [1.54, 1.807) is 5.56 Å². The maximum atomic E-state index is 2.41. The zero-order valence-electron chi connectivity index (χ0n) is 8.62. The summed E-state index contributed by atoms with van der Waals surface area (Å²) in [6.07, 6.45) is 4.65. The number of benzene rings is 1. The van der Waals surface area contributed by atoms with Crippen LogP contribution < -0.4 is 0 Å². The van der Waals surface area contributed by atoms with Gasteiger partial charge in [0.25, 0.3) is 0 Å². The summed E-state index contributed by atoms with van der Waals surface area (Å²) in [5, 5.41) is 0. The van der Waals surface area contributed by atoms with Crippen molar-refractivity contribution in [3.05, 3.63) is 41.5 Å². The molecule has 0 fully saturated rings. The molecule has 1 aromatic rings. The molecule has 1 aliphatic rings. The summed E-state index contributed by atoms with van der Waals surface area (Å²) in [6.45, 7) is 4.83. The number of hydrogen-bond donors (Lipinski definition) is 0. The molecule has 1 aromatic carbocycles. The van der Waals surface area contributed by atoms with Crippen molar-refractivity contribution in [2.24, 2.45) is 0 Å². The third kappa shape index (κ3) is 2.16. The predicted molar refractivity (Wildman–Crippen MR) is 62.8 cm³/mol. The second-order valence-electron chi connectivity index (χ2n) is 3.76. The van der Waals surface area contributed by atoms with Crippen LogP contribution in [0.2, 0.25) is 13.1 Å². The molecular weight excluding hydrogens is 183 g/mol. The Hall–Kier alpha value is 0.177. The van der Waals surface area contributed by atoms with Crippen molar-refractivity contribution in [2.75, 3.05) is 0 Å². The third-order valence-corrected chi connectivity index (χ3v) is 4.57. The molecule has 0 amide bonds. The van der Waals surface area contributed by atoms with Gasteiger partial charge in [0.1, 0.15) is 0 Å². The quantitative estimate of drug-likeness (QED) is 0.607. The third-order valence-electron chi connectivity index (χ3n) is 2.56. The molecule has 1 atom stereocenters. The van der Waals surface area contributed by atoms with Crippen molar-refractivity contribution in [3.8, 4) is 0 Å².